The molecule has 0 radical (unpaired) electrons. The normalized spacial score (nSPS) is 10.9. The molecule has 152 valence electrons. The molecular weight excluding hydrogens is 408 g/mol. The highest BCUT2D eigenvalue weighted by Gasteiger charge is 2.15. The fourth-order valence-corrected chi connectivity index (χ4v) is 3.10. The van der Waals surface area contributed by atoms with E-state index in [2.05, 4.69) is 20.6 Å². The van der Waals surface area contributed by atoms with Crippen LogP contribution in [-0.2, 0) is 17.9 Å². The maximum Gasteiger partial charge on any atom is 0.284 e. The van der Waals surface area contributed by atoms with Gasteiger partial charge in [-0.25, -0.2) is 4.98 Å². The second-order valence-electron chi connectivity index (χ2n) is 6.42. The van der Waals surface area contributed by atoms with E-state index in [0.717, 1.165) is 5.56 Å². The summed E-state index contributed by atoms with van der Waals surface area (Å²) in [7, 11) is 1.58. The van der Waals surface area contributed by atoms with E-state index in [9.17, 15) is 9.59 Å². The summed E-state index contributed by atoms with van der Waals surface area (Å²) in [5.41, 5.74) is 1.40. The molecule has 0 aliphatic heterocycles. The Hall–Kier alpha value is -3.72. The number of fused-ring (bicyclic) bond motifs is 1. The number of nitrogens with one attached hydrogen (secondary N) is 1. The second-order valence-corrected chi connectivity index (χ2v) is 6.82. The Morgan fingerprint density at radius 1 is 1.17 bits per heavy atom. The number of nitrogens with zero attached hydrogens (tertiary/aromatic N) is 5. The number of halogens is 1. The fourth-order valence-electron chi connectivity index (χ4n) is 2.90. The summed E-state index contributed by atoms with van der Waals surface area (Å²) in [6.07, 6.45) is 1.31. The molecule has 10 heteroatoms. The molecule has 1 amide bonds. The number of carbonyl (C=O) groups excluding carboxylic acids is 1. The van der Waals surface area contributed by atoms with E-state index in [4.69, 9.17) is 16.3 Å². The molecule has 30 heavy (non-hydrogen) atoms. The van der Waals surface area contributed by atoms with Gasteiger partial charge in [0.15, 0.2) is 11.2 Å². The van der Waals surface area contributed by atoms with Crippen LogP contribution in [0.2, 0.25) is 5.02 Å². The predicted molar refractivity (Wildman–Crippen MR) is 111 cm³/mol. The molecular formula is C20H17ClN6O3. The molecule has 4 rings (SSSR count). The summed E-state index contributed by atoms with van der Waals surface area (Å²) in [6.45, 7) is 0.0677. The van der Waals surface area contributed by atoms with E-state index >= 15 is 0 Å². The van der Waals surface area contributed by atoms with Gasteiger partial charge in [0.2, 0.25) is 5.91 Å². The van der Waals surface area contributed by atoms with Gasteiger partial charge in [0.25, 0.3) is 5.56 Å². The van der Waals surface area contributed by atoms with Crippen molar-refractivity contribution in [1.29, 1.82) is 0 Å². The average Bonchev–Trinajstić information content (AvgIpc) is 3.20. The van der Waals surface area contributed by atoms with Crippen molar-refractivity contribution in [2.75, 3.05) is 7.11 Å². The van der Waals surface area contributed by atoms with Crippen molar-refractivity contribution in [2.24, 2.45) is 0 Å². The Morgan fingerprint density at radius 3 is 2.67 bits per heavy atom. The molecule has 0 fully saturated rings. The molecule has 0 atom stereocenters. The zero-order valence-corrected chi connectivity index (χ0v) is 16.7. The first kappa shape index (κ1) is 19.6. The number of aromatic nitrogens is 5. The molecule has 9 nitrogen and oxygen atoms in total. The van der Waals surface area contributed by atoms with Crippen molar-refractivity contribution < 1.29 is 9.53 Å². The first-order chi connectivity index (χ1) is 14.6. The largest absolute Gasteiger partial charge is 0.497 e. The number of hydrogen-bond acceptors (Lipinski definition) is 6. The summed E-state index contributed by atoms with van der Waals surface area (Å²) in [5.74, 6) is 0.349. The second kappa shape index (κ2) is 8.34. The van der Waals surface area contributed by atoms with Gasteiger partial charge in [0, 0.05) is 11.6 Å². The lowest BCUT2D eigenvalue weighted by atomic mass is 10.2. The quantitative estimate of drug-likeness (QED) is 0.507. The minimum absolute atomic E-state index is 0.0761. The highest BCUT2D eigenvalue weighted by Crippen LogP contribution is 2.17. The molecule has 0 spiro atoms. The van der Waals surface area contributed by atoms with Gasteiger partial charge in [-0.3, -0.25) is 14.2 Å². The number of methoxy groups -OCH3 is 1. The van der Waals surface area contributed by atoms with Crippen LogP contribution in [0.15, 0.2) is 59.7 Å². The lowest BCUT2D eigenvalue weighted by molar-refractivity contribution is -0.121. The number of amides is 1. The monoisotopic (exact) mass is 424 g/mol. The van der Waals surface area contributed by atoms with Gasteiger partial charge in [-0.15, -0.1) is 5.10 Å². The van der Waals surface area contributed by atoms with Crippen LogP contribution in [0.3, 0.4) is 0 Å². The van der Waals surface area contributed by atoms with E-state index in [-0.39, 0.29) is 24.5 Å². The topological polar surface area (TPSA) is 104 Å². The Kier molecular flexibility index (Phi) is 5.44. The maximum absolute atomic E-state index is 12.7. The van der Waals surface area contributed by atoms with Crippen molar-refractivity contribution in [3.63, 3.8) is 0 Å². The SMILES string of the molecule is COc1ccc(-n2nnc3c(=O)n(CC(=O)NCc4ccccc4Cl)cnc32)cc1. The van der Waals surface area contributed by atoms with Crippen LogP contribution >= 0.6 is 11.6 Å². The van der Waals surface area contributed by atoms with Gasteiger partial charge >= 0.3 is 0 Å². The third-order valence-electron chi connectivity index (χ3n) is 4.49. The number of benzene rings is 2. The highest BCUT2D eigenvalue weighted by molar-refractivity contribution is 6.31. The van der Waals surface area contributed by atoms with Crippen molar-refractivity contribution >= 4 is 28.7 Å². The smallest absolute Gasteiger partial charge is 0.284 e. The highest BCUT2D eigenvalue weighted by atomic mass is 35.5. The van der Waals surface area contributed by atoms with E-state index in [1.54, 1.807) is 37.4 Å². The molecule has 1 N–H and O–H groups in total. The molecule has 0 unspecified atom stereocenters. The standard InChI is InChI=1S/C20H17ClN6O3/c1-30-15-8-6-14(7-9-15)27-19-18(24-25-27)20(29)26(12-23-19)11-17(28)22-10-13-4-2-3-5-16(13)21/h2-9,12H,10-11H2,1H3,(H,22,28). The van der Waals surface area contributed by atoms with E-state index in [0.29, 0.717) is 22.1 Å². The first-order valence-electron chi connectivity index (χ1n) is 9.02. The van der Waals surface area contributed by atoms with E-state index in [1.807, 2.05) is 18.2 Å². The molecule has 2 aromatic carbocycles. The van der Waals surface area contributed by atoms with Gasteiger partial charge in [-0.1, -0.05) is 35.0 Å². The van der Waals surface area contributed by atoms with Crippen LogP contribution in [0.4, 0.5) is 0 Å². The minimum atomic E-state index is -0.451. The van der Waals surface area contributed by atoms with Gasteiger partial charge in [0.05, 0.1) is 12.8 Å². The molecule has 0 aliphatic rings. The lowest BCUT2D eigenvalue weighted by Gasteiger charge is -2.08. The lowest BCUT2D eigenvalue weighted by Crippen LogP contribution is -2.32. The molecule has 0 saturated carbocycles. The Balaban J connectivity index is 1.53. The van der Waals surface area contributed by atoms with Crippen LogP contribution in [0.1, 0.15) is 5.56 Å². The zero-order chi connectivity index (χ0) is 21.1. The minimum Gasteiger partial charge on any atom is -0.497 e. The van der Waals surface area contributed by atoms with Crippen molar-refractivity contribution in [3.05, 3.63) is 75.8 Å². The summed E-state index contributed by atoms with van der Waals surface area (Å²) >= 11 is 6.09. The van der Waals surface area contributed by atoms with Crippen molar-refractivity contribution in [2.45, 2.75) is 13.1 Å². The fraction of sp³-hybridized carbons (Fsp3) is 0.150. The predicted octanol–water partition coefficient (Wildman–Crippen LogP) is 1.96. The zero-order valence-electron chi connectivity index (χ0n) is 15.9. The molecule has 0 saturated heterocycles. The van der Waals surface area contributed by atoms with Gasteiger partial charge in [-0.2, -0.15) is 4.68 Å². The van der Waals surface area contributed by atoms with Gasteiger partial charge in [0.1, 0.15) is 18.6 Å². The number of hydrogen-bond donors (Lipinski definition) is 1. The molecule has 0 aliphatic carbocycles. The number of rotatable bonds is 6. The number of carbonyl (C=O) groups is 1. The first-order valence-corrected chi connectivity index (χ1v) is 9.40. The van der Waals surface area contributed by atoms with Crippen molar-refractivity contribution in [3.8, 4) is 11.4 Å². The Morgan fingerprint density at radius 2 is 1.93 bits per heavy atom. The Bertz CT molecular complexity index is 1270. The third-order valence-corrected chi connectivity index (χ3v) is 4.86. The van der Waals surface area contributed by atoms with Crippen LogP contribution < -0.4 is 15.6 Å². The summed E-state index contributed by atoms with van der Waals surface area (Å²) in [6, 6.07) is 14.3. The van der Waals surface area contributed by atoms with Crippen molar-refractivity contribution in [1.82, 2.24) is 29.9 Å². The van der Waals surface area contributed by atoms with Gasteiger partial charge < -0.3 is 10.1 Å². The van der Waals surface area contributed by atoms with E-state index < -0.39 is 5.56 Å². The third kappa shape index (κ3) is 3.87. The summed E-state index contributed by atoms with van der Waals surface area (Å²) in [4.78, 5) is 29.3. The van der Waals surface area contributed by atoms with Crippen LogP contribution in [0, 0.1) is 0 Å². The van der Waals surface area contributed by atoms with Crippen LogP contribution in [0.5, 0.6) is 5.75 Å². The molecule has 0 bridgehead atoms. The summed E-state index contributed by atoms with van der Waals surface area (Å²) in [5, 5.41) is 11.3. The Labute approximate surface area is 175 Å². The molecule has 2 heterocycles. The van der Waals surface area contributed by atoms with Gasteiger partial charge in [-0.05, 0) is 35.9 Å². The molecule has 4 aromatic rings. The summed E-state index contributed by atoms with van der Waals surface area (Å²) < 4.78 is 7.79. The number of ether oxygens (including phenoxy) is 1. The maximum atomic E-state index is 12.7. The van der Waals surface area contributed by atoms with E-state index in [1.165, 1.54) is 15.6 Å². The van der Waals surface area contributed by atoms with Crippen LogP contribution in [-0.4, -0.2) is 37.6 Å². The average molecular weight is 425 g/mol. The molecule has 2 aromatic heterocycles. The van der Waals surface area contributed by atoms with Crippen LogP contribution in [0.25, 0.3) is 16.9 Å².